The number of aromatic nitrogens is 1. The van der Waals surface area contributed by atoms with Crippen LogP contribution in [0.5, 0.6) is 0 Å². The zero-order valence-electron chi connectivity index (χ0n) is 9.53. The van der Waals surface area contributed by atoms with Crippen LogP contribution in [0, 0.1) is 5.92 Å². The molecule has 1 heterocycles. The molecular weight excluding hydrogens is 238 g/mol. The number of nitrogens with zero attached hydrogens (tertiary/aromatic N) is 1. The second-order valence-electron chi connectivity index (χ2n) is 4.46. The summed E-state index contributed by atoms with van der Waals surface area (Å²) in [4.78, 5) is 15.9. The number of nitrogens with two attached hydrogens (primary N) is 1. The molecule has 1 aliphatic carbocycles. The van der Waals surface area contributed by atoms with Gasteiger partial charge >= 0.3 is 0 Å². The van der Waals surface area contributed by atoms with Crippen molar-refractivity contribution in [3.05, 3.63) is 23.5 Å². The largest absolute Gasteiger partial charge is 0.328 e. The van der Waals surface area contributed by atoms with Gasteiger partial charge in [-0.25, -0.2) is 0 Å². The highest BCUT2D eigenvalue weighted by Gasteiger charge is 2.24. The Morgan fingerprint density at radius 2 is 2.12 bits per heavy atom. The van der Waals surface area contributed by atoms with Gasteiger partial charge in [-0.2, -0.15) is 0 Å². The number of carbonyl (C=O) groups is 1. The number of anilines is 1. The van der Waals surface area contributed by atoms with E-state index in [2.05, 4.69) is 10.3 Å². The fraction of sp³-hybridized carbons (Fsp3) is 0.500. The zero-order chi connectivity index (χ0) is 12.3. The minimum Gasteiger partial charge on any atom is -0.328 e. The van der Waals surface area contributed by atoms with E-state index in [4.69, 9.17) is 17.3 Å². The molecule has 1 fully saturated rings. The summed E-state index contributed by atoms with van der Waals surface area (Å²) in [6, 6.07) is 1.96. The van der Waals surface area contributed by atoms with E-state index in [9.17, 15) is 4.79 Å². The van der Waals surface area contributed by atoms with Gasteiger partial charge in [-0.1, -0.05) is 11.6 Å². The van der Waals surface area contributed by atoms with Crippen molar-refractivity contribution >= 4 is 23.2 Å². The average molecular weight is 254 g/mol. The molecule has 4 nitrogen and oxygen atoms in total. The van der Waals surface area contributed by atoms with Crippen molar-refractivity contribution in [2.45, 2.75) is 31.7 Å². The van der Waals surface area contributed by atoms with E-state index in [1.807, 2.05) is 0 Å². The SMILES string of the molecule is NC1CCC(C(=O)Nc2ccncc2Cl)CC1. The Morgan fingerprint density at radius 3 is 2.76 bits per heavy atom. The first-order valence-electron chi connectivity index (χ1n) is 5.83. The van der Waals surface area contributed by atoms with Crippen LogP contribution >= 0.6 is 11.6 Å². The molecule has 92 valence electrons. The van der Waals surface area contributed by atoms with E-state index in [1.165, 1.54) is 6.20 Å². The molecule has 0 aliphatic heterocycles. The Balaban J connectivity index is 1.95. The molecular formula is C12H16ClN3O. The minimum atomic E-state index is 0.0324. The van der Waals surface area contributed by atoms with E-state index in [1.54, 1.807) is 12.3 Å². The molecule has 2 rings (SSSR count). The third-order valence-electron chi connectivity index (χ3n) is 3.17. The summed E-state index contributed by atoms with van der Waals surface area (Å²) in [5.41, 5.74) is 6.44. The highest BCUT2D eigenvalue weighted by Crippen LogP contribution is 2.26. The molecule has 0 atom stereocenters. The number of hydrogen-bond donors (Lipinski definition) is 2. The Kier molecular flexibility index (Phi) is 3.97. The highest BCUT2D eigenvalue weighted by atomic mass is 35.5. The topological polar surface area (TPSA) is 68.0 Å². The molecule has 0 spiro atoms. The van der Waals surface area contributed by atoms with Gasteiger partial charge in [0.05, 0.1) is 10.7 Å². The van der Waals surface area contributed by atoms with Crippen molar-refractivity contribution in [1.29, 1.82) is 0 Å². The van der Waals surface area contributed by atoms with Gasteiger partial charge in [0.15, 0.2) is 0 Å². The number of halogens is 1. The molecule has 3 N–H and O–H groups in total. The van der Waals surface area contributed by atoms with Gasteiger partial charge in [-0.05, 0) is 31.7 Å². The van der Waals surface area contributed by atoms with Crippen LogP contribution in [0.2, 0.25) is 5.02 Å². The average Bonchev–Trinajstić information content (AvgIpc) is 2.33. The lowest BCUT2D eigenvalue weighted by atomic mass is 9.86. The molecule has 5 heteroatoms. The smallest absolute Gasteiger partial charge is 0.227 e. The maximum atomic E-state index is 12.0. The van der Waals surface area contributed by atoms with Crippen LogP contribution in [-0.4, -0.2) is 16.9 Å². The second-order valence-corrected chi connectivity index (χ2v) is 4.86. The van der Waals surface area contributed by atoms with Gasteiger partial charge in [0.2, 0.25) is 5.91 Å². The van der Waals surface area contributed by atoms with Crippen LogP contribution in [0.4, 0.5) is 5.69 Å². The molecule has 1 aromatic heterocycles. The van der Waals surface area contributed by atoms with Crippen molar-refractivity contribution in [1.82, 2.24) is 4.98 Å². The predicted octanol–water partition coefficient (Wildman–Crippen LogP) is 2.19. The first kappa shape index (κ1) is 12.3. The summed E-state index contributed by atoms with van der Waals surface area (Å²) in [7, 11) is 0. The van der Waals surface area contributed by atoms with E-state index < -0.39 is 0 Å². The Bertz CT molecular complexity index is 402. The molecule has 0 aromatic carbocycles. The first-order chi connectivity index (χ1) is 8.16. The van der Waals surface area contributed by atoms with Crippen LogP contribution in [0.25, 0.3) is 0 Å². The number of carbonyl (C=O) groups excluding carboxylic acids is 1. The summed E-state index contributed by atoms with van der Waals surface area (Å²) in [6.07, 6.45) is 6.68. The van der Waals surface area contributed by atoms with Crippen LogP contribution in [-0.2, 0) is 4.79 Å². The predicted molar refractivity (Wildman–Crippen MR) is 67.8 cm³/mol. The quantitative estimate of drug-likeness (QED) is 0.849. The maximum absolute atomic E-state index is 12.0. The van der Waals surface area contributed by atoms with Crippen LogP contribution in [0.3, 0.4) is 0 Å². The minimum absolute atomic E-state index is 0.0324. The van der Waals surface area contributed by atoms with Gasteiger partial charge < -0.3 is 11.1 Å². The molecule has 0 unspecified atom stereocenters. The molecule has 0 saturated heterocycles. The van der Waals surface area contributed by atoms with Crippen molar-refractivity contribution in [3.8, 4) is 0 Å². The fourth-order valence-corrected chi connectivity index (χ4v) is 2.26. The fourth-order valence-electron chi connectivity index (χ4n) is 2.09. The summed E-state index contributed by atoms with van der Waals surface area (Å²) in [5.74, 6) is 0.0871. The molecule has 0 bridgehead atoms. The maximum Gasteiger partial charge on any atom is 0.227 e. The molecule has 0 radical (unpaired) electrons. The molecule has 17 heavy (non-hydrogen) atoms. The summed E-state index contributed by atoms with van der Waals surface area (Å²) in [6.45, 7) is 0. The van der Waals surface area contributed by atoms with Crippen LogP contribution in [0.15, 0.2) is 18.5 Å². The van der Waals surface area contributed by atoms with Gasteiger partial charge in [-0.15, -0.1) is 0 Å². The summed E-state index contributed by atoms with van der Waals surface area (Å²) < 4.78 is 0. The van der Waals surface area contributed by atoms with Gasteiger partial charge in [0, 0.05) is 24.4 Å². The number of hydrogen-bond acceptors (Lipinski definition) is 3. The van der Waals surface area contributed by atoms with Crippen molar-refractivity contribution in [2.75, 3.05) is 5.32 Å². The number of nitrogens with one attached hydrogen (secondary N) is 1. The molecule has 1 aromatic rings. The highest BCUT2D eigenvalue weighted by molar-refractivity contribution is 6.33. The lowest BCUT2D eigenvalue weighted by Gasteiger charge is -2.25. The molecule has 1 amide bonds. The van der Waals surface area contributed by atoms with Crippen molar-refractivity contribution < 1.29 is 4.79 Å². The standard InChI is InChI=1S/C12H16ClN3O/c13-10-7-15-6-5-11(10)16-12(17)8-1-3-9(14)4-2-8/h5-9H,1-4,14H2,(H,15,16,17). The van der Waals surface area contributed by atoms with E-state index >= 15 is 0 Å². The molecule has 1 aliphatic rings. The Hall–Kier alpha value is -1.13. The van der Waals surface area contributed by atoms with Gasteiger partial charge in [-0.3, -0.25) is 9.78 Å². The van der Waals surface area contributed by atoms with Crippen molar-refractivity contribution in [3.63, 3.8) is 0 Å². The number of pyridine rings is 1. The Morgan fingerprint density at radius 1 is 1.41 bits per heavy atom. The first-order valence-corrected chi connectivity index (χ1v) is 6.20. The lowest BCUT2D eigenvalue weighted by molar-refractivity contribution is -0.120. The summed E-state index contributed by atoms with van der Waals surface area (Å²) >= 11 is 5.93. The third kappa shape index (κ3) is 3.17. The van der Waals surface area contributed by atoms with Gasteiger partial charge in [0.1, 0.15) is 0 Å². The number of amides is 1. The zero-order valence-corrected chi connectivity index (χ0v) is 10.3. The van der Waals surface area contributed by atoms with Crippen LogP contribution < -0.4 is 11.1 Å². The Labute approximate surface area is 106 Å². The van der Waals surface area contributed by atoms with E-state index in [0.29, 0.717) is 10.7 Å². The lowest BCUT2D eigenvalue weighted by Crippen LogP contribution is -2.32. The third-order valence-corrected chi connectivity index (χ3v) is 3.47. The van der Waals surface area contributed by atoms with Crippen molar-refractivity contribution in [2.24, 2.45) is 11.7 Å². The number of rotatable bonds is 2. The summed E-state index contributed by atoms with van der Waals surface area (Å²) in [5, 5.41) is 3.31. The van der Waals surface area contributed by atoms with Gasteiger partial charge in [0.25, 0.3) is 0 Å². The second kappa shape index (κ2) is 5.47. The van der Waals surface area contributed by atoms with E-state index in [-0.39, 0.29) is 17.9 Å². The van der Waals surface area contributed by atoms with E-state index in [0.717, 1.165) is 25.7 Å². The monoisotopic (exact) mass is 253 g/mol. The van der Waals surface area contributed by atoms with Crippen LogP contribution in [0.1, 0.15) is 25.7 Å². The molecule has 1 saturated carbocycles. The normalized spacial score (nSPS) is 24.4.